The molecule has 0 aliphatic heterocycles. The van der Waals surface area contributed by atoms with Crippen molar-refractivity contribution in [2.75, 3.05) is 0 Å². The molecule has 0 radical (unpaired) electrons. The smallest absolute Gasteiger partial charge is 0.387 e. The third kappa shape index (κ3) is 5.15. The molecule has 1 amide bonds. The Kier molecular flexibility index (Phi) is 6.83. The third-order valence-electron chi connectivity index (χ3n) is 6.09. The zero-order chi connectivity index (χ0) is 25.4. The van der Waals surface area contributed by atoms with Gasteiger partial charge in [-0.3, -0.25) is 4.79 Å². The maximum absolute atomic E-state index is 14.2. The fourth-order valence-corrected chi connectivity index (χ4v) is 4.47. The van der Waals surface area contributed by atoms with Crippen LogP contribution < -0.4 is 5.32 Å². The Morgan fingerprint density at radius 1 is 1.17 bits per heavy atom. The van der Waals surface area contributed by atoms with Crippen molar-refractivity contribution in [1.29, 1.82) is 0 Å². The molecule has 0 bridgehead atoms. The van der Waals surface area contributed by atoms with E-state index in [0.717, 1.165) is 29.1 Å². The van der Waals surface area contributed by atoms with Gasteiger partial charge in [0.1, 0.15) is 12.0 Å². The SMILES string of the molecule is O=C(NC(c1cccc(F)c1Cl)[C@]1(O)CC[C@@H](F)CC1)c1ccc(C(F)(F)F)cc1-n1nccn1. The lowest BCUT2D eigenvalue weighted by atomic mass is 9.76. The monoisotopic (exact) mass is 514 g/mol. The number of aliphatic hydroxyl groups is 1. The molecule has 2 aromatic carbocycles. The summed E-state index contributed by atoms with van der Waals surface area (Å²) in [5.74, 6) is -1.67. The molecule has 1 atom stereocenters. The Morgan fingerprint density at radius 3 is 2.46 bits per heavy atom. The second-order valence-electron chi connectivity index (χ2n) is 8.38. The number of amides is 1. The van der Waals surface area contributed by atoms with Crippen molar-refractivity contribution in [3.8, 4) is 5.69 Å². The number of nitrogens with one attached hydrogen (secondary N) is 1. The molecular weight excluding hydrogens is 495 g/mol. The van der Waals surface area contributed by atoms with Crippen molar-refractivity contribution in [2.24, 2.45) is 0 Å². The van der Waals surface area contributed by atoms with E-state index in [-0.39, 0.29) is 47.5 Å². The highest BCUT2D eigenvalue weighted by molar-refractivity contribution is 6.31. The van der Waals surface area contributed by atoms with E-state index in [1.54, 1.807) is 0 Å². The Hall–Kier alpha value is -3.05. The molecule has 1 heterocycles. The summed E-state index contributed by atoms with van der Waals surface area (Å²) in [6, 6.07) is 5.01. The van der Waals surface area contributed by atoms with Gasteiger partial charge in [-0.2, -0.15) is 28.2 Å². The number of nitrogens with zero attached hydrogens (tertiary/aromatic N) is 3. The molecule has 12 heteroatoms. The lowest BCUT2D eigenvalue weighted by Crippen LogP contribution is -2.48. The Balaban J connectivity index is 1.77. The molecule has 1 fully saturated rings. The van der Waals surface area contributed by atoms with Crippen molar-refractivity contribution in [1.82, 2.24) is 20.3 Å². The number of aromatic nitrogens is 3. The Morgan fingerprint density at radius 2 is 1.83 bits per heavy atom. The van der Waals surface area contributed by atoms with Gasteiger partial charge in [0.2, 0.25) is 0 Å². The number of benzene rings is 2. The van der Waals surface area contributed by atoms with Crippen LogP contribution in [-0.4, -0.2) is 37.8 Å². The molecule has 1 saturated carbocycles. The highest BCUT2D eigenvalue weighted by Crippen LogP contribution is 2.42. The van der Waals surface area contributed by atoms with Crippen LogP contribution in [-0.2, 0) is 6.18 Å². The van der Waals surface area contributed by atoms with Crippen LogP contribution in [0.2, 0.25) is 5.02 Å². The molecule has 6 nitrogen and oxygen atoms in total. The minimum atomic E-state index is -4.69. The van der Waals surface area contributed by atoms with Crippen molar-refractivity contribution in [2.45, 2.75) is 49.7 Å². The predicted molar refractivity (Wildman–Crippen MR) is 116 cm³/mol. The predicted octanol–water partition coefficient (Wildman–Crippen LogP) is 5.19. The zero-order valence-electron chi connectivity index (χ0n) is 18.1. The van der Waals surface area contributed by atoms with Crippen molar-refractivity contribution in [3.05, 3.63) is 76.3 Å². The van der Waals surface area contributed by atoms with Gasteiger partial charge >= 0.3 is 6.18 Å². The average molecular weight is 515 g/mol. The largest absolute Gasteiger partial charge is 0.416 e. The van der Waals surface area contributed by atoms with Crippen molar-refractivity contribution < 1.29 is 31.9 Å². The van der Waals surface area contributed by atoms with E-state index < -0.39 is 41.3 Å². The van der Waals surface area contributed by atoms with E-state index in [2.05, 4.69) is 15.5 Å². The summed E-state index contributed by atoms with van der Waals surface area (Å²) in [7, 11) is 0. The number of carbonyl (C=O) groups excluding carboxylic acids is 1. The van der Waals surface area contributed by atoms with Crippen molar-refractivity contribution in [3.63, 3.8) is 0 Å². The summed E-state index contributed by atoms with van der Waals surface area (Å²) in [6.45, 7) is 0. The molecule has 0 saturated heterocycles. The number of hydrogen-bond acceptors (Lipinski definition) is 4. The highest BCUT2D eigenvalue weighted by Gasteiger charge is 2.43. The maximum atomic E-state index is 14.2. The van der Waals surface area contributed by atoms with Crippen LogP contribution in [0.1, 0.15) is 53.2 Å². The van der Waals surface area contributed by atoms with Gasteiger partial charge in [0.05, 0.1) is 45.9 Å². The molecule has 4 rings (SSSR count). The molecule has 1 aliphatic carbocycles. The first-order valence-corrected chi connectivity index (χ1v) is 11.1. The van der Waals surface area contributed by atoms with Crippen LogP contribution >= 0.6 is 11.6 Å². The lowest BCUT2D eigenvalue weighted by Gasteiger charge is -2.41. The van der Waals surface area contributed by atoms with E-state index in [9.17, 15) is 31.9 Å². The minimum absolute atomic E-state index is 0.0124. The quantitative estimate of drug-likeness (QED) is 0.459. The van der Waals surface area contributed by atoms with Gasteiger partial charge in [-0.1, -0.05) is 23.7 Å². The number of alkyl halides is 4. The number of rotatable bonds is 5. The second-order valence-corrected chi connectivity index (χ2v) is 8.75. The minimum Gasteiger partial charge on any atom is -0.387 e. The Labute approximate surface area is 201 Å². The fourth-order valence-electron chi connectivity index (χ4n) is 4.23. The van der Waals surface area contributed by atoms with Gasteiger partial charge in [0.15, 0.2) is 0 Å². The third-order valence-corrected chi connectivity index (χ3v) is 6.49. The standard InChI is InChI=1S/C23H20ClF5N4O2/c24-19-16(2-1-3-17(19)26)20(22(35)8-6-14(25)7-9-22)32-21(34)15-5-4-13(23(27,28)29)12-18(15)33-30-10-11-31-33/h1-5,10-12,14,20,35H,6-9H2,(H,32,34)/t14-,20?,22+. The van der Waals surface area contributed by atoms with Crippen LogP contribution in [0.3, 0.4) is 0 Å². The van der Waals surface area contributed by atoms with Gasteiger partial charge in [0, 0.05) is 0 Å². The van der Waals surface area contributed by atoms with Gasteiger partial charge in [0.25, 0.3) is 5.91 Å². The molecule has 1 aliphatic rings. The lowest BCUT2D eigenvalue weighted by molar-refractivity contribution is -0.137. The molecular formula is C23H20ClF5N4O2. The highest BCUT2D eigenvalue weighted by atomic mass is 35.5. The van der Waals surface area contributed by atoms with Crippen molar-refractivity contribution >= 4 is 17.5 Å². The van der Waals surface area contributed by atoms with E-state index in [1.165, 1.54) is 24.5 Å². The molecule has 3 aromatic rings. The Bertz CT molecular complexity index is 1210. The summed E-state index contributed by atoms with van der Waals surface area (Å²) < 4.78 is 68.0. The maximum Gasteiger partial charge on any atom is 0.416 e. The molecule has 0 spiro atoms. The van der Waals surface area contributed by atoms with Gasteiger partial charge in [-0.25, -0.2) is 8.78 Å². The van der Waals surface area contributed by atoms with Crippen LogP contribution in [0.15, 0.2) is 48.8 Å². The molecule has 1 unspecified atom stereocenters. The molecule has 1 aromatic heterocycles. The first kappa shape index (κ1) is 25.1. The number of hydrogen-bond donors (Lipinski definition) is 2. The first-order valence-electron chi connectivity index (χ1n) is 10.7. The van der Waals surface area contributed by atoms with Gasteiger partial charge in [-0.05, 0) is 55.5 Å². The average Bonchev–Trinajstić information content (AvgIpc) is 3.35. The number of halogens is 6. The van der Waals surface area contributed by atoms with Crippen LogP contribution in [0.25, 0.3) is 5.69 Å². The summed E-state index contributed by atoms with van der Waals surface area (Å²) in [5.41, 5.74) is -3.12. The van der Waals surface area contributed by atoms with Crippen LogP contribution in [0, 0.1) is 5.82 Å². The van der Waals surface area contributed by atoms with E-state index >= 15 is 0 Å². The zero-order valence-corrected chi connectivity index (χ0v) is 18.8. The number of carbonyl (C=O) groups is 1. The summed E-state index contributed by atoms with van der Waals surface area (Å²) in [6.07, 6.45) is -3.43. The second kappa shape index (κ2) is 9.54. The summed E-state index contributed by atoms with van der Waals surface area (Å²) in [4.78, 5) is 14.2. The molecule has 2 N–H and O–H groups in total. The topological polar surface area (TPSA) is 80.0 Å². The fraction of sp³-hybridized carbons (Fsp3) is 0.348. The first-order chi connectivity index (χ1) is 16.5. The van der Waals surface area contributed by atoms with Crippen LogP contribution in [0.5, 0.6) is 0 Å². The van der Waals surface area contributed by atoms with Crippen LogP contribution in [0.4, 0.5) is 22.0 Å². The van der Waals surface area contributed by atoms with E-state index in [0.29, 0.717) is 0 Å². The summed E-state index contributed by atoms with van der Waals surface area (Å²) >= 11 is 6.15. The van der Waals surface area contributed by atoms with Gasteiger partial charge in [-0.15, -0.1) is 0 Å². The summed E-state index contributed by atoms with van der Waals surface area (Å²) in [5, 5.41) is 21.3. The van der Waals surface area contributed by atoms with E-state index in [1.807, 2.05) is 0 Å². The van der Waals surface area contributed by atoms with Gasteiger partial charge < -0.3 is 10.4 Å². The van der Waals surface area contributed by atoms with E-state index in [4.69, 9.17) is 11.6 Å². The molecule has 186 valence electrons. The molecule has 35 heavy (non-hydrogen) atoms. The normalized spacial score (nSPS) is 21.5.